The van der Waals surface area contributed by atoms with Crippen LogP contribution in [0.3, 0.4) is 0 Å². The zero-order valence-corrected chi connectivity index (χ0v) is 14.8. The zero-order valence-electron chi connectivity index (χ0n) is 14.0. The number of carbonyl (C=O) groups is 2. The number of anilines is 1. The highest BCUT2D eigenvalue weighted by atomic mass is 32.1. The lowest BCUT2D eigenvalue weighted by atomic mass is 10.1. The fourth-order valence-electron chi connectivity index (χ4n) is 2.49. The Kier molecular flexibility index (Phi) is 5.29. The molecule has 3 rings (SSSR count). The van der Waals surface area contributed by atoms with E-state index in [2.05, 4.69) is 10.6 Å². The summed E-state index contributed by atoms with van der Waals surface area (Å²) in [7, 11) is 0. The van der Waals surface area contributed by atoms with E-state index >= 15 is 0 Å². The highest BCUT2D eigenvalue weighted by molar-refractivity contribution is 7.17. The molecule has 1 heterocycles. The van der Waals surface area contributed by atoms with Gasteiger partial charge in [0.15, 0.2) is 0 Å². The number of aliphatic hydroxyl groups excluding tert-OH is 1. The minimum Gasteiger partial charge on any atom is -0.387 e. The van der Waals surface area contributed by atoms with Crippen molar-refractivity contribution in [3.05, 3.63) is 64.8 Å². The van der Waals surface area contributed by atoms with Crippen molar-refractivity contribution in [2.75, 3.05) is 11.9 Å². The molecule has 0 aliphatic carbocycles. The average Bonchev–Trinajstić information content (AvgIpc) is 3.06. The highest BCUT2D eigenvalue weighted by Gasteiger charge is 2.18. The molecule has 0 saturated carbocycles. The summed E-state index contributed by atoms with van der Waals surface area (Å²) in [5.41, 5.74) is 1.34. The third-order valence-electron chi connectivity index (χ3n) is 3.96. The van der Waals surface area contributed by atoms with Crippen LogP contribution in [0, 0.1) is 12.7 Å². The van der Waals surface area contributed by atoms with E-state index in [4.69, 9.17) is 0 Å². The lowest BCUT2D eigenvalue weighted by Crippen LogP contribution is -2.37. The van der Waals surface area contributed by atoms with Crippen LogP contribution in [0.2, 0.25) is 0 Å². The number of hydrogen-bond donors (Lipinski definition) is 3. The van der Waals surface area contributed by atoms with Crippen LogP contribution in [0.1, 0.15) is 17.2 Å². The molecule has 0 saturated heterocycles. The lowest BCUT2D eigenvalue weighted by Gasteiger charge is -2.12. The zero-order chi connectivity index (χ0) is 18.7. The smallest absolute Gasteiger partial charge is 0.313 e. The maximum absolute atomic E-state index is 13.5. The monoisotopic (exact) mass is 372 g/mol. The summed E-state index contributed by atoms with van der Waals surface area (Å²) >= 11 is 1.50. The van der Waals surface area contributed by atoms with Crippen LogP contribution in [0.5, 0.6) is 0 Å². The van der Waals surface area contributed by atoms with Gasteiger partial charge in [0.05, 0.1) is 6.10 Å². The van der Waals surface area contributed by atoms with Crippen LogP contribution in [0.25, 0.3) is 10.1 Å². The minimum atomic E-state index is -0.931. The molecular weight excluding hydrogens is 355 g/mol. The number of benzene rings is 2. The Morgan fingerprint density at radius 1 is 1.19 bits per heavy atom. The Morgan fingerprint density at radius 2 is 1.96 bits per heavy atom. The molecule has 3 aromatic rings. The van der Waals surface area contributed by atoms with Crippen LogP contribution >= 0.6 is 11.3 Å². The number of nitrogens with one attached hydrogen (secondary N) is 2. The van der Waals surface area contributed by atoms with Crippen molar-refractivity contribution < 1.29 is 19.1 Å². The average molecular weight is 372 g/mol. The molecule has 134 valence electrons. The summed E-state index contributed by atoms with van der Waals surface area (Å²) in [6.07, 6.45) is -0.931. The molecule has 26 heavy (non-hydrogen) atoms. The largest absolute Gasteiger partial charge is 0.387 e. The van der Waals surface area contributed by atoms with Gasteiger partial charge in [-0.3, -0.25) is 9.59 Å². The van der Waals surface area contributed by atoms with Crippen molar-refractivity contribution in [2.24, 2.45) is 0 Å². The lowest BCUT2D eigenvalue weighted by molar-refractivity contribution is -0.136. The van der Waals surface area contributed by atoms with Crippen molar-refractivity contribution in [3.8, 4) is 0 Å². The summed E-state index contributed by atoms with van der Waals surface area (Å²) in [6, 6.07) is 11.8. The van der Waals surface area contributed by atoms with Gasteiger partial charge in [-0.05, 0) is 41.5 Å². The molecule has 2 amide bonds. The molecule has 2 aromatic carbocycles. The number of hydrogen-bond acceptors (Lipinski definition) is 4. The maximum atomic E-state index is 13.5. The first-order valence-corrected chi connectivity index (χ1v) is 8.83. The number of thiophene rings is 1. The molecule has 3 N–H and O–H groups in total. The molecule has 0 radical (unpaired) electrons. The number of halogens is 1. The van der Waals surface area contributed by atoms with Crippen molar-refractivity contribution in [2.45, 2.75) is 13.0 Å². The summed E-state index contributed by atoms with van der Waals surface area (Å²) < 4.78 is 14.5. The summed E-state index contributed by atoms with van der Waals surface area (Å²) in [5, 5.41) is 17.8. The molecule has 0 fully saturated rings. The van der Waals surface area contributed by atoms with Gasteiger partial charge in [0.25, 0.3) is 0 Å². The maximum Gasteiger partial charge on any atom is 0.313 e. The Labute approximate surface area is 153 Å². The van der Waals surface area contributed by atoms with Gasteiger partial charge in [0.1, 0.15) is 5.82 Å². The van der Waals surface area contributed by atoms with Gasteiger partial charge >= 0.3 is 11.8 Å². The molecule has 5 nitrogen and oxygen atoms in total. The van der Waals surface area contributed by atoms with Gasteiger partial charge in [0, 0.05) is 22.5 Å². The second kappa shape index (κ2) is 7.63. The number of rotatable bonds is 4. The van der Waals surface area contributed by atoms with Gasteiger partial charge in [0.2, 0.25) is 0 Å². The van der Waals surface area contributed by atoms with E-state index in [0.29, 0.717) is 11.1 Å². The summed E-state index contributed by atoms with van der Waals surface area (Å²) in [4.78, 5) is 23.8. The summed E-state index contributed by atoms with van der Waals surface area (Å²) in [6.45, 7) is 1.50. The number of amides is 2. The van der Waals surface area contributed by atoms with Crippen molar-refractivity contribution in [1.29, 1.82) is 0 Å². The van der Waals surface area contributed by atoms with Gasteiger partial charge in [-0.1, -0.05) is 24.3 Å². The molecule has 0 spiro atoms. The standard InChI is InChI=1S/C19H17FN2O3S/c1-11-6-7-12(8-15(11)20)22-19(25)18(24)21-9-16(23)14-10-26-17-5-3-2-4-13(14)17/h2-8,10,16,23H,9H2,1H3,(H,21,24)(H,22,25). The predicted molar refractivity (Wildman–Crippen MR) is 99.6 cm³/mol. The first kappa shape index (κ1) is 18.0. The molecule has 1 unspecified atom stereocenters. The first-order chi connectivity index (χ1) is 12.5. The van der Waals surface area contributed by atoms with Crippen LogP contribution in [0.4, 0.5) is 10.1 Å². The van der Waals surface area contributed by atoms with E-state index in [-0.39, 0.29) is 12.2 Å². The van der Waals surface area contributed by atoms with Crippen LogP contribution in [-0.2, 0) is 9.59 Å². The molecule has 1 aromatic heterocycles. The number of carbonyl (C=O) groups excluding carboxylic acids is 2. The SMILES string of the molecule is Cc1ccc(NC(=O)C(=O)NCC(O)c2csc3ccccc23)cc1F. The molecule has 0 aliphatic heterocycles. The predicted octanol–water partition coefficient (Wildman–Crippen LogP) is 3.14. The van der Waals surface area contributed by atoms with Crippen molar-refractivity contribution in [1.82, 2.24) is 5.32 Å². The Bertz CT molecular complexity index is 970. The van der Waals surface area contributed by atoms with E-state index in [9.17, 15) is 19.1 Å². The number of aryl methyl sites for hydroxylation is 1. The quantitative estimate of drug-likeness (QED) is 0.616. The topological polar surface area (TPSA) is 78.4 Å². The van der Waals surface area contributed by atoms with E-state index in [1.165, 1.54) is 23.5 Å². The normalized spacial score (nSPS) is 12.0. The minimum absolute atomic E-state index is 0.102. The molecule has 1 atom stereocenters. The van der Waals surface area contributed by atoms with Crippen LogP contribution < -0.4 is 10.6 Å². The van der Waals surface area contributed by atoms with E-state index in [1.54, 1.807) is 6.92 Å². The highest BCUT2D eigenvalue weighted by Crippen LogP contribution is 2.29. The summed E-state index contributed by atoms with van der Waals surface area (Å²) in [5.74, 6) is -2.29. The van der Waals surface area contributed by atoms with Crippen molar-refractivity contribution >= 4 is 38.9 Å². The van der Waals surface area contributed by atoms with Crippen molar-refractivity contribution in [3.63, 3.8) is 0 Å². The van der Waals surface area contributed by atoms with Crippen LogP contribution in [-0.4, -0.2) is 23.5 Å². The van der Waals surface area contributed by atoms with Gasteiger partial charge in [-0.15, -0.1) is 11.3 Å². The van der Waals surface area contributed by atoms with Crippen LogP contribution in [0.15, 0.2) is 47.8 Å². The Morgan fingerprint density at radius 3 is 2.73 bits per heavy atom. The van der Waals surface area contributed by atoms with Gasteiger partial charge in [-0.25, -0.2) is 4.39 Å². The van der Waals surface area contributed by atoms with E-state index in [0.717, 1.165) is 16.2 Å². The molecule has 0 aliphatic rings. The molecule has 0 bridgehead atoms. The third-order valence-corrected chi connectivity index (χ3v) is 4.94. The Balaban J connectivity index is 1.59. The second-order valence-corrected chi connectivity index (χ2v) is 6.74. The van der Waals surface area contributed by atoms with Gasteiger partial charge in [-0.2, -0.15) is 0 Å². The second-order valence-electron chi connectivity index (χ2n) is 5.83. The molecular formula is C19H17FN2O3S. The first-order valence-electron chi connectivity index (χ1n) is 7.95. The van der Waals surface area contributed by atoms with E-state index < -0.39 is 23.7 Å². The Hall–Kier alpha value is -2.77. The third kappa shape index (κ3) is 3.89. The molecule has 7 heteroatoms. The van der Waals surface area contributed by atoms with E-state index in [1.807, 2.05) is 29.6 Å². The van der Waals surface area contributed by atoms with Gasteiger partial charge < -0.3 is 15.7 Å². The number of fused-ring (bicyclic) bond motifs is 1. The fourth-order valence-corrected chi connectivity index (χ4v) is 3.50. The number of aliphatic hydroxyl groups is 1. The fraction of sp³-hybridized carbons (Fsp3) is 0.158.